The van der Waals surface area contributed by atoms with Crippen LogP contribution < -0.4 is 0 Å². The highest BCUT2D eigenvalue weighted by atomic mass is 35.5. The normalized spacial score (nSPS) is 11.5. The molecule has 0 N–H and O–H groups in total. The van der Waals surface area contributed by atoms with Crippen LogP contribution in [0.25, 0.3) is 44.1 Å². The Morgan fingerprint density at radius 1 is 0.750 bits per heavy atom. The third-order valence-corrected chi connectivity index (χ3v) is 4.68. The largest absolute Gasteiger partial charge is 0.435 e. The van der Waals surface area contributed by atoms with Crippen LogP contribution in [0.4, 0.5) is 0 Å². The molecule has 0 aliphatic carbocycles. The van der Waals surface area contributed by atoms with Gasteiger partial charge in [0.05, 0.1) is 0 Å². The molecule has 4 aromatic carbocycles. The molecule has 0 spiro atoms. The Bertz CT molecular complexity index is 1220. The van der Waals surface area contributed by atoms with E-state index in [0.29, 0.717) is 5.89 Å². The van der Waals surface area contributed by atoms with Crippen molar-refractivity contribution in [2.75, 3.05) is 0 Å². The average molecular weight is 330 g/mol. The zero-order valence-corrected chi connectivity index (χ0v) is 13.4. The summed E-state index contributed by atoms with van der Waals surface area (Å²) in [5, 5.41) is 5.06. The molecule has 1 aromatic heterocycles. The van der Waals surface area contributed by atoms with Crippen LogP contribution in [0.15, 0.2) is 77.2 Å². The number of nitrogens with zero attached hydrogens (tertiary/aromatic N) is 1. The first-order valence-corrected chi connectivity index (χ1v) is 8.14. The standard InChI is InChI=1S/C21H12ClNO/c22-18-7-3-6-17-16(18)10-11-19-20(17)24-21(23-19)15-9-8-13-4-1-2-5-14(13)12-15/h1-12H. The Morgan fingerprint density at radius 3 is 2.54 bits per heavy atom. The van der Waals surface area contributed by atoms with E-state index in [9.17, 15) is 0 Å². The molecule has 1 heterocycles. The molecule has 5 aromatic rings. The highest BCUT2D eigenvalue weighted by Crippen LogP contribution is 2.33. The molecule has 24 heavy (non-hydrogen) atoms. The number of hydrogen-bond donors (Lipinski definition) is 0. The molecule has 0 saturated heterocycles. The van der Waals surface area contributed by atoms with Crippen molar-refractivity contribution in [3.8, 4) is 11.5 Å². The quantitative estimate of drug-likeness (QED) is 0.353. The topological polar surface area (TPSA) is 26.0 Å². The van der Waals surface area contributed by atoms with Gasteiger partial charge in [0, 0.05) is 21.4 Å². The maximum absolute atomic E-state index is 6.28. The molecule has 0 bridgehead atoms. The zero-order valence-electron chi connectivity index (χ0n) is 12.7. The predicted molar refractivity (Wildman–Crippen MR) is 99.5 cm³/mol. The number of fused-ring (bicyclic) bond motifs is 4. The average Bonchev–Trinajstić information content (AvgIpc) is 3.06. The third-order valence-electron chi connectivity index (χ3n) is 4.36. The molecular formula is C21H12ClNO. The summed E-state index contributed by atoms with van der Waals surface area (Å²) < 4.78 is 6.10. The lowest BCUT2D eigenvalue weighted by Gasteiger charge is -2.00. The summed E-state index contributed by atoms with van der Waals surface area (Å²) in [7, 11) is 0. The van der Waals surface area contributed by atoms with E-state index >= 15 is 0 Å². The first-order chi connectivity index (χ1) is 11.8. The minimum Gasteiger partial charge on any atom is -0.435 e. The Hall–Kier alpha value is -2.84. The van der Waals surface area contributed by atoms with E-state index in [1.807, 2.05) is 48.5 Å². The minimum atomic E-state index is 0.628. The highest BCUT2D eigenvalue weighted by Gasteiger charge is 2.12. The van der Waals surface area contributed by atoms with Crippen LogP contribution in [0.2, 0.25) is 5.02 Å². The monoisotopic (exact) mass is 329 g/mol. The molecule has 0 amide bonds. The fourth-order valence-corrected chi connectivity index (χ4v) is 3.39. The number of aromatic nitrogens is 1. The van der Waals surface area contributed by atoms with Crippen molar-refractivity contribution in [3.05, 3.63) is 77.8 Å². The van der Waals surface area contributed by atoms with Crippen molar-refractivity contribution in [1.29, 1.82) is 0 Å². The van der Waals surface area contributed by atoms with Crippen LogP contribution in [-0.4, -0.2) is 4.98 Å². The molecule has 0 aliphatic heterocycles. The molecule has 3 heteroatoms. The van der Waals surface area contributed by atoms with Gasteiger partial charge in [-0.05, 0) is 35.0 Å². The smallest absolute Gasteiger partial charge is 0.227 e. The Kier molecular flexibility index (Phi) is 2.88. The lowest BCUT2D eigenvalue weighted by molar-refractivity contribution is 0.623. The number of rotatable bonds is 1. The second-order valence-electron chi connectivity index (χ2n) is 5.83. The van der Waals surface area contributed by atoms with Gasteiger partial charge < -0.3 is 4.42 Å². The second-order valence-corrected chi connectivity index (χ2v) is 6.24. The van der Waals surface area contributed by atoms with Gasteiger partial charge in [-0.2, -0.15) is 0 Å². The van der Waals surface area contributed by atoms with Gasteiger partial charge in [-0.25, -0.2) is 4.98 Å². The van der Waals surface area contributed by atoms with E-state index in [-0.39, 0.29) is 0 Å². The minimum absolute atomic E-state index is 0.628. The number of hydrogen-bond acceptors (Lipinski definition) is 2. The highest BCUT2D eigenvalue weighted by molar-refractivity contribution is 6.36. The maximum atomic E-state index is 6.28. The van der Waals surface area contributed by atoms with Gasteiger partial charge in [0.25, 0.3) is 0 Å². The zero-order chi connectivity index (χ0) is 16.1. The van der Waals surface area contributed by atoms with Crippen molar-refractivity contribution in [2.24, 2.45) is 0 Å². The van der Waals surface area contributed by atoms with E-state index in [1.54, 1.807) is 0 Å². The van der Waals surface area contributed by atoms with Gasteiger partial charge in [0.2, 0.25) is 5.89 Å². The van der Waals surface area contributed by atoms with Crippen molar-refractivity contribution < 1.29 is 4.42 Å². The Labute approximate surface area is 143 Å². The molecule has 0 aliphatic rings. The van der Waals surface area contributed by atoms with Crippen LogP contribution in [0.5, 0.6) is 0 Å². The summed E-state index contributed by atoms with van der Waals surface area (Å²) in [5.74, 6) is 0.628. The Balaban J connectivity index is 1.77. The summed E-state index contributed by atoms with van der Waals surface area (Å²) in [6, 6.07) is 24.3. The van der Waals surface area contributed by atoms with E-state index in [4.69, 9.17) is 16.0 Å². The van der Waals surface area contributed by atoms with Crippen molar-refractivity contribution in [2.45, 2.75) is 0 Å². The van der Waals surface area contributed by atoms with Crippen LogP contribution in [0.3, 0.4) is 0 Å². The van der Waals surface area contributed by atoms with E-state index in [2.05, 4.69) is 29.2 Å². The SMILES string of the molecule is Clc1cccc2c1ccc1nc(-c3ccc4ccccc4c3)oc12. The summed E-state index contributed by atoms with van der Waals surface area (Å²) in [6.07, 6.45) is 0. The molecule has 0 radical (unpaired) electrons. The summed E-state index contributed by atoms with van der Waals surface area (Å²) in [5.41, 5.74) is 2.59. The fraction of sp³-hybridized carbons (Fsp3) is 0. The van der Waals surface area contributed by atoms with Crippen LogP contribution in [0, 0.1) is 0 Å². The molecule has 5 rings (SSSR count). The Morgan fingerprint density at radius 2 is 1.62 bits per heavy atom. The number of halogens is 1. The van der Waals surface area contributed by atoms with Crippen molar-refractivity contribution in [1.82, 2.24) is 4.98 Å². The molecule has 0 saturated carbocycles. The number of oxazole rings is 1. The summed E-state index contributed by atoms with van der Waals surface area (Å²) >= 11 is 6.28. The predicted octanol–water partition coefficient (Wildman–Crippen LogP) is 6.45. The number of benzene rings is 4. The van der Waals surface area contributed by atoms with Gasteiger partial charge in [-0.3, -0.25) is 0 Å². The lowest BCUT2D eigenvalue weighted by atomic mass is 10.1. The van der Waals surface area contributed by atoms with E-state index < -0.39 is 0 Å². The lowest BCUT2D eigenvalue weighted by Crippen LogP contribution is -1.78. The maximum Gasteiger partial charge on any atom is 0.227 e. The van der Waals surface area contributed by atoms with Crippen LogP contribution in [0.1, 0.15) is 0 Å². The molecule has 114 valence electrons. The van der Waals surface area contributed by atoms with E-state index in [1.165, 1.54) is 10.8 Å². The first kappa shape index (κ1) is 13.6. The second kappa shape index (κ2) is 5.08. The van der Waals surface area contributed by atoms with Crippen LogP contribution >= 0.6 is 11.6 Å². The van der Waals surface area contributed by atoms with Gasteiger partial charge >= 0.3 is 0 Å². The van der Waals surface area contributed by atoms with Crippen molar-refractivity contribution in [3.63, 3.8) is 0 Å². The van der Waals surface area contributed by atoms with E-state index in [0.717, 1.165) is 32.5 Å². The molecule has 0 atom stereocenters. The molecular weight excluding hydrogens is 318 g/mol. The van der Waals surface area contributed by atoms with Crippen molar-refractivity contribution >= 4 is 44.2 Å². The molecule has 0 fully saturated rings. The van der Waals surface area contributed by atoms with Crippen LogP contribution in [-0.2, 0) is 0 Å². The third kappa shape index (κ3) is 2.00. The fourth-order valence-electron chi connectivity index (χ4n) is 3.15. The van der Waals surface area contributed by atoms with Gasteiger partial charge in [-0.15, -0.1) is 0 Å². The van der Waals surface area contributed by atoms with Gasteiger partial charge in [-0.1, -0.05) is 60.1 Å². The molecule has 2 nitrogen and oxygen atoms in total. The summed E-state index contributed by atoms with van der Waals surface area (Å²) in [6.45, 7) is 0. The van der Waals surface area contributed by atoms with Gasteiger partial charge in [0.15, 0.2) is 5.58 Å². The molecule has 0 unspecified atom stereocenters. The van der Waals surface area contributed by atoms with Gasteiger partial charge in [0.1, 0.15) is 5.52 Å². The summed E-state index contributed by atoms with van der Waals surface area (Å²) in [4.78, 5) is 4.66. The first-order valence-electron chi connectivity index (χ1n) is 7.76.